The van der Waals surface area contributed by atoms with Crippen molar-refractivity contribution in [2.24, 2.45) is 0 Å². The minimum Gasteiger partial charge on any atom is -0.455 e. The summed E-state index contributed by atoms with van der Waals surface area (Å²) in [4.78, 5) is 2.47. The molecule has 3 aromatic heterocycles. The van der Waals surface area contributed by atoms with Crippen molar-refractivity contribution < 1.29 is 8.83 Å². The van der Waals surface area contributed by atoms with Crippen molar-refractivity contribution in [3.63, 3.8) is 0 Å². The SMILES string of the molecule is c1ccc2c(c1)oc1c(-c3ccc4cc(N(c5ccc(-c6cccc7c6oc6ccccc67)c6ccccc56)c5cccc6c5sc5ccccc56)ccc4c3)cccc12. The lowest BCUT2D eigenvalue weighted by atomic mass is 9.94. The van der Waals surface area contributed by atoms with Crippen LogP contribution in [0.15, 0.2) is 209 Å². The summed E-state index contributed by atoms with van der Waals surface area (Å²) in [6.45, 7) is 0. The normalized spacial score (nSPS) is 12.0. The molecule has 0 bridgehead atoms. The molecule has 3 nitrogen and oxygen atoms in total. The van der Waals surface area contributed by atoms with Gasteiger partial charge < -0.3 is 13.7 Å². The zero-order valence-corrected chi connectivity index (χ0v) is 33.0. The largest absolute Gasteiger partial charge is 0.455 e. The molecule has 0 fully saturated rings. The van der Waals surface area contributed by atoms with E-state index in [1.807, 2.05) is 29.5 Å². The zero-order chi connectivity index (χ0) is 39.3. The van der Waals surface area contributed by atoms with Gasteiger partial charge in [0.1, 0.15) is 22.3 Å². The summed E-state index contributed by atoms with van der Waals surface area (Å²) in [7, 11) is 0. The van der Waals surface area contributed by atoms with E-state index in [1.54, 1.807) is 0 Å². The molecular weight excluding hydrogens is 751 g/mol. The van der Waals surface area contributed by atoms with Crippen molar-refractivity contribution >= 4 is 114 Å². The standard InChI is InChI=1S/C56H33NO2S/c1-2-13-41-39(12-1)40(45-18-10-20-47-43-15-4-7-24-52(43)59-55(45)47)30-31-49(41)57(50-22-11-21-48-44-16-5-8-25-53(44)60-56(48)50)37-29-28-34-32-36(27-26-35(34)33-37)38-17-9-19-46-42-14-3-6-23-51(42)58-54(38)46/h1-33H. The first-order chi connectivity index (χ1) is 29.7. The van der Waals surface area contributed by atoms with Crippen LogP contribution < -0.4 is 4.90 Å². The minimum absolute atomic E-state index is 0.901. The predicted octanol–water partition coefficient (Wildman–Crippen LogP) is 17.0. The first kappa shape index (κ1) is 33.3. The predicted molar refractivity (Wildman–Crippen MR) is 254 cm³/mol. The second-order valence-corrected chi connectivity index (χ2v) is 16.6. The van der Waals surface area contributed by atoms with E-state index in [9.17, 15) is 0 Å². The third-order valence-electron chi connectivity index (χ3n) is 12.3. The van der Waals surface area contributed by atoms with E-state index in [1.165, 1.54) is 36.3 Å². The Balaban J connectivity index is 1.02. The second kappa shape index (κ2) is 12.9. The van der Waals surface area contributed by atoms with Crippen molar-refractivity contribution in [1.29, 1.82) is 0 Å². The summed E-state index contributed by atoms with van der Waals surface area (Å²) in [6, 6.07) is 72.1. The molecule has 280 valence electrons. The van der Waals surface area contributed by atoms with Crippen LogP contribution in [0.1, 0.15) is 0 Å². The van der Waals surface area contributed by atoms with Crippen molar-refractivity contribution in [2.45, 2.75) is 0 Å². The van der Waals surface area contributed by atoms with Crippen molar-refractivity contribution in [3.8, 4) is 22.3 Å². The van der Waals surface area contributed by atoms with Crippen molar-refractivity contribution in [2.75, 3.05) is 4.90 Å². The number of hydrogen-bond acceptors (Lipinski definition) is 4. The van der Waals surface area contributed by atoms with Crippen LogP contribution in [0.25, 0.3) is 108 Å². The maximum absolute atomic E-state index is 6.58. The molecule has 0 atom stereocenters. The Morgan fingerprint density at radius 1 is 0.350 bits per heavy atom. The maximum atomic E-state index is 6.58. The summed E-state index contributed by atoms with van der Waals surface area (Å²) >= 11 is 1.86. The number of rotatable bonds is 5. The van der Waals surface area contributed by atoms with Crippen LogP contribution in [0.3, 0.4) is 0 Å². The van der Waals surface area contributed by atoms with E-state index in [2.05, 4.69) is 187 Å². The summed E-state index contributed by atoms with van der Waals surface area (Å²) in [5.74, 6) is 0. The Hall–Kier alpha value is -7.66. The van der Waals surface area contributed by atoms with Gasteiger partial charge in [0.2, 0.25) is 0 Å². The highest BCUT2D eigenvalue weighted by Gasteiger charge is 2.23. The smallest absolute Gasteiger partial charge is 0.143 e. The Labute approximate surface area is 348 Å². The van der Waals surface area contributed by atoms with Gasteiger partial charge in [-0.3, -0.25) is 0 Å². The first-order valence-corrected chi connectivity index (χ1v) is 21.1. The van der Waals surface area contributed by atoms with Crippen molar-refractivity contribution in [3.05, 3.63) is 200 Å². The molecule has 0 radical (unpaired) electrons. The number of nitrogens with zero attached hydrogens (tertiary/aromatic N) is 1. The van der Waals surface area contributed by atoms with E-state index in [-0.39, 0.29) is 0 Å². The molecular formula is C56H33NO2S. The lowest BCUT2D eigenvalue weighted by Crippen LogP contribution is -2.11. The second-order valence-electron chi connectivity index (χ2n) is 15.6. The molecule has 0 spiro atoms. The molecule has 0 N–H and O–H groups in total. The van der Waals surface area contributed by atoms with Gasteiger partial charge >= 0.3 is 0 Å². The molecule has 3 heterocycles. The molecule has 60 heavy (non-hydrogen) atoms. The summed E-state index contributed by atoms with van der Waals surface area (Å²) in [6.07, 6.45) is 0. The Morgan fingerprint density at radius 3 is 1.72 bits per heavy atom. The van der Waals surface area contributed by atoms with Gasteiger partial charge in [0.15, 0.2) is 0 Å². The van der Waals surface area contributed by atoms with Gasteiger partial charge in [0.25, 0.3) is 0 Å². The third kappa shape index (κ3) is 4.95. The number of anilines is 3. The molecule has 0 saturated heterocycles. The number of benzene rings is 10. The number of fused-ring (bicyclic) bond motifs is 11. The van der Waals surface area contributed by atoms with E-state index < -0.39 is 0 Å². The Kier molecular flexibility index (Phi) is 7.18. The quantitative estimate of drug-likeness (QED) is 0.174. The molecule has 0 unspecified atom stereocenters. The Bertz CT molecular complexity index is 3870. The number of thiophene rings is 1. The van der Waals surface area contributed by atoms with E-state index >= 15 is 0 Å². The highest BCUT2D eigenvalue weighted by Crippen LogP contribution is 2.49. The van der Waals surface area contributed by atoms with Crippen LogP contribution >= 0.6 is 11.3 Å². The van der Waals surface area contributed by atoms with Gasteiger partial charge in [0.05, 0.1) is 16.1 Å². The summed E-state index contributed by atoms with van der Waals surface area (Å²) in [5.41, 5.74) is 11.5. The number of hydrogen-bond donors (Lipinski definition) is 0. The Morgan fingerprint density at radius 2 is 0.933 bits per heavy atom. The highest BCUT2D eigenvalue weighted by atomic mass is 32.1. The van der Waals surface area contributed by atoms with Gasteiger partial charge in [-0.25, -0.2) is 0 Å². The van der Waals surface area contributed by atoms with Crippen LogP contribution in [0.2, 0.25) is 0 Å². The summed E-state index contributed by atoms with van der Waals surface area (Å²) < 4.78 is 15.6. The van der Waals surface area contributed by atoms with Crippen LogP contribution in [0, 0.1) is 0 Å². The van der Waals surface area contributed by atoms with E-state index in [0.29, 0.717) is 0 Å². The van der Waals surface area contributed by atoms with Gasteiger partial charge in [-0.05, 0) is 75.8 Å². The fraction of sp³-hybridized carbons (Fsp3) is 0. The van der Waals surface area contributed by atoms with Crippen LogP contribution in [-0.4, -0.2) is 0 Å². The molecule has 13 aromatic rings. The number of furan rings is 2. The average molecular weight is 784 g/mol. The monoisotopic (exact) mass is 783 g/mol. The molecule has 10 aromatic carbocycles. The minimum atomic E-state index is 0.901. The fourth-order valence-electron chi connectivity index (χ4n) is 9.50. The average Bonchev–Trinajstić information content (AvgIpc) is 4.01. The fourth-order valence-corrected chi connectivity index (χ4v) is 10.7. The molecule has 13 rings (SSSR count). The highest BCUT2D eigenvalue weighted by molar-refractivity contribution is 7.26. The van der Waals surface area contributed by atoms with Crippen LogP contribution in [-0.2, 0) is 0 Å². The zero-order valence-electron chi connectivity index (χ0n) is 32.2. The van der Waals surface area contributed by atoms with Crippen LogP contribution in [0.5, 0.6) is 0 Å². The summed E-state index contributed by atoms with van der Waals surface area (Å²) in [5, 5.41) is 11.7. The molecule has 0 amide bonds. The maximum Gasteiger partial charge on any atom is 0.143 e. The molecule has 0 aliphatic carbocycles. The van der Waals surface area contributed by atoms with Crippen molar-refractivity contribution in [1.82, 2.24) is 0 Å². The first-order valence-electron chi connectivity index (χ1n) is 20.3. The lowest BCUT2D eigenvalue weighted by Gasteiger charge is -2.28. The van der Waals surface area contributed by atoms with Gasteiger partial charge in [-0.15, -0.1) is 11.3 Å². The topological polar surface area (TPSA) is 29.5 Å². The number of para-hydroxylation sites is 4. The van der Waals surface area contributed by atoms with Crippen LogP contribution in [0.4, 0.5) is 17.1 Å². The molecule has 0 saturated carbocycles. The van der Waals surface area contributed by atoms with E-state index in [4.69, 9.17) is 8.83 Å². The molecule has 0 aliphatic heterocycles. The van der Waals surface area contributed by atoms with Gasteiger partial charge in [-0.1, -0.05) is 152 Å². The van der Waals surface area contributed by atoms with Gasteiger partial charge in [-0.2, -0.15) is 0 Å². The van der Waals surface area contributed by atoms with Gasteiger partial charge in [0, 0.05) is 59.2 Å². The molecule has 0 aliphatic rings. The third-order valence-corrected chi connectivity index (χ3v) is 13.5. The molecule has 4 heteroatoms. The lowest BCUT2D eigenvalue weighted by molar-refractivity contribution is 0.669. The van der Waals surface area contributed by atoms with E-state index in [0.717, 1.165) is 88.6 Å².